The van der Waals surface area contributed by atoms with Gasteiger partial charge in [-0.1, -0.05) is 24.8 Å². The SMILES string of the molecule is C=C/C=C/CC1=C(C)C(=O)C=C(C)C1=O. The van der Waals surface area contributed by atoms with Gasteiger partial charge in [0.1, 0.15) is 0 Å². The van der Waals surface area contributed by atoms with E-state index in [0.29, 0.717) is 23.1 Å². The minimum Gasteiger partial charge on any atom is -0.290 e. The number of ketones is 2. The van der Waals surface area contributed by atoms with E-state index in [1.165, 1.54) is 6.08 Å². The van der Waals surface area contributed by atoms with E-state index < -0.39 is 0 Å². The molecule has 0 bridgehead atoms. The predicted molar refractivity (Wildman–Crippen MR) is 60.4 cm³/mol. The average molecular weight is 202 g/mol. The lowest BCUT2D eigenvalue weighted by Gasteiger charge is -2.13. The summed E-state index contributed by atoms with van der Waals surface area (Å²) >= 11 is 0. The third-order valence-electron chi connectivity index (χ3n) is 2.40. The first kappa shape index (κ1) is 11.4. The Labute approximate surface area is 89.7 Å². The van der Waals surface area contributed by atoms with Gasteiger partial charge in [0.15, 0.2) is 11.6 Å². The van der Waals surface area contributed by atoms with Crippen molar-refractivity contribution in [3.8, 4) is 0 Å². The van der Waals surface area contributed by atoms with E-state index in [9.17, 15) is 9.59 Å². The van der Waals surface area contributed by atoms with Crippen LogP contribution in [0.15, 0.2) is 47.6 Å². The summed E-state index contributed by atoms with van der Waals surface area (Å²) in [6.07, 6.45) is 7.14. The van der Waals surface area contributed by atoms with Crippen LogP contribution in [-0.2, 0) is 9.59 Å². The molecular weight excluding hydrogens is 188 g/mol. The third-order valence-corrected chi connectivity index (χ3v) is 2.40. The second-order valence-corrected chi connectivity index (χ2v) is 3.49. The van der Waals surface area contributed by atoms with Crippen molar-refractivity contribution in [3.63, 3.8) is 0 Å². The number of hydrogen-bond donors (Lipinski definition) is 0. The molecule has 1 aliphatic carbocycles. The van der Waals surface area contributed by atoms with E-state index in [2.05, 4.69) is 6.58 Å². The van der Waals surface area contributed by atoms with Gasteiger partial charge < -0.3 is 0 Å². The molecule has 0 fully saturated rings. The highest BCUT2D eigenvalue weighted by atomic mass is 16.1. The summed E-state index contributed by atoms with van der Waals surface area (Å²) in [5.41, 5.74) is 1.67. The van der Waals surface area contributed by atoms with Crippen LogP contribution >= 0.6 is 0 Å². The molecule has 0 saturated heterocycles. The third kappa shape index (κ3) is 2.40. The van der Waals surface area contributed by atoms with Crippen molar-refractivity contribution in [1.29, 1.82) is 0 Å². The summed E-state index contributed by atoms with van der Waals surface area (Å²) in [4.78, 5) is 23.2. The fraction of sp³-hybridized carbons (Fsp3) is 0.231. The van der Waals surface area contributed by atoms with Gasteiger partial charge in [-0.15, -0.1) is 0 Å². The summed E-state index contributed by atoms with van der Waals surface area (Å²) in [6.45, 7) is 6.91. The van der Waals surface area contributed by atoms with Crippen LogP contribution in [0.25, 0.3) is 0 Å². The maximum absolute atomic E-state index is 11.7. The van der Waals surface area contributed by atoms with Crippen LogP contribution in [0, 0.1) is 0 Å². The summed E-state index contributed by atoms with van der Waals surface area (Å²) in [5.74, 6) is -0.0880. The Balaban J connectivity index is 2.98. The van der Waals surface area contributed by atoms with Gasteiger partial charge in [-0.25, -0.2) is 0 Å². The first-order chi connectivity index (χ1) is 7.07. The summed E-state index contributed by atoms with van der Waals surface area (Å²) in [7, 11) is 0. The van der Waals surface area contributed by atoms with Crippen molar-refractivity contribution in [1.82, 2.24) is 0 Å². The molecule has 2 nitrogen and oxygen atoms in total. The van der Waals surface area contributed by atoms with Gasteiger partial charge in [0.05, 0.1) is 0 Å². The molecule has 0 heterocycles. The van der Waals surface area contributed by atoms with E-state index in [1.807, 2.05) is 6.08 Å². The zero-order valence-corrected chi connectivity index (χ0v) is 9.04. The van der Waals surface area contributed by atoms with E-state index in [-0.39, 0.29) is 11.6 Å². The van der Waals surface area contributed by atoms with Gasteiger partial charge in [-0.3, -0.25) is 9.59 Å². The average Bonchev–Trinajstić information content (AvgIpc) is 2.20. The van der Waals surface area contributed by atoms with E-state index in [1.54, 1.807) is 26.0 Å². The van der Waals surface area contributed by atoms with Crippen molar-refractivity contribution in [2.45, 2.75) is 20.3 Å². The van der Waals surface area contributed by atoms with Gasteiger partial charge >= 0.3 is 0 Å². The molecule has 0 aliphatic heterocycles. The van der Waals surface area contributed by atoms with Crippen LogP contribution in [0.3, 0.4) is 0 Å². The predicted octanol–water partition coefficient (Wildman–Crippen LogP) is 2.53. The normalized spacial score (nSPS) is 17.3. The molecule has 1 aliphatic rings. The second kappa shape index (κ2) is 4.69. The Hall–Kier alpha value is -1.70. The van der Waals surface area contributed by atoms with Crippen LogP contribution < -0.4 is 0 Å². The summed E-state index contributed by atoms with van der Waals surface area (Å²) < 4.78 is 0. The lowest BCUT2D eigenvalue weighted by molar-refractivity contribution is -0.115. The van der Waals surface area contributed by atoms with Gasteiger partial charge in [0.2, 0.25) is 0 Å². The molecule has 0 aromatic heterocycles. The second-order valence-electron chi connectivity index (χ2n) is 3.49. The van der Waals surface area contributed by atoms with Crippen LogP contribution in [-0.4, -0.2) is 11.6 Å². The maximum Gasteiger partial charge on any atom is 0.185 e. The number of Topliss-reactive ketones (excluding diaryl/α,β-unsaturated/α-hetero) is 1. The van der Waals surface area contributed by atoms with Gasteiger partial charge in [-0.2, -0.15) is 0 Å². The van der Waals surface area contributed by atoms with Crippen molar-refractivity contribution in [2.75, 3.05) is 0 Å². The molecule has 2 heteroatoms. The van der Waals surface area contributed by atoms with Crippen molar-refractivity contribution < 1.29 is 9.59 Å². The van der Waals surface area contributed by atoms with E-state index in [4.69, 9.17) is 0 Å². The number of carbonyl (C=O) groups is 2. The number of allylic oxidation sites excluding steroid dienone is 7. The molecule has 15 heavy (non-hydrogen) atoms. The molecule has 0 atom stereocenters. The maximum atomic E-state index is 11.7. The van der Waals surface area contributed by atoms with E-state index >= 15 is 0 Å². The Morgan fingerprint density at radius 3 is 2.60 bits per heavy atom. The highest BCUT2D eigenvalue weighted by Crippen LogP contribution is 2.21. The molecule has 78 valence electrons. The number of hydrogen-bond acceptors (Lipinski definition) is 2. The minimum absolute atomic E-state index is 0.0270. The molecule has 0 saturated carbocycles. The van der Waals surface area contributed by atoms with Gasteiger partial charge in [-0.05, 0) is 26.3 Å². The first-order valence-electron chi connectivity index (χ1n) is 4.82. The largest absolute Gasteiger partial charge is 0.290 e. The van der Waals surface area contributed by atoms with Crippen LogP contribution in [0.5, 0.6) is 0 Å². The smallest absolute Gasteiger partial charge is 0.185 e. The molecule has 0 radical (unpaired) electrons. The highest BCUT2D eigenvalue weighted by molar-refractivity contribution is 6.22. The monoisotopic (exact) mass is 202 g/mol. The Kier molecular flexibility index (Phi) is 3.56. The van der Waals surface area contributed by atoms with Gasteiger partial charge in [0, 0.05) is 16.7 Å². The Morgan fingerprint density at radius 1 is 1.33 bits per heavy atom. The van der Waals surface area contributed by atoms with Crippen molar-refractivity contribution in [2.24, 2.45) is 0 Å². The Bertz CT molecular complexity index is 406. The zero-order valence-electron chi connectivity index (χ0n) is 9.04. The molecule has 0 N–H and O–H groups in total. The van der Waals surface area contributed by atoms with Crippen molar-refractivity contribution in [3.05, 3.63) is 47.6 Å². The standard InChI is InChI=1S/C13H14O2/c1-4-5-6-7-11-10(3)12(14)8-9(2)13(11)15/h4-6,8H,1,7H2,2-3H3/b6-5+. The van der Waals surface area contributed by atoms with E-state index in [0.717, 1.165) is 0 Å². The van der Waals surface area contributed by atoms with Crippen LogP contribution in [0.1, 0.15) is 20.3 Å². The molecule has 0 amide bonds. The topological polar surface area (TPSA) is 34.1 Å². The number of carbonyl (C=O) groups excluding carboxylic acids is 2. The molecular formula is C13H14O2. The first-order valence-corrected chi connectivity index (χ1v) is 4.82. The lowest BCUT2D eigenvalue weighted by atomic mass is 9.89. The van der Waals surface area contributed by atoms with Crippen molar-refractivity contribution >= 4 is 11.6 Å². The minimum atomic E-state index is -0.0610. The molecule has 1 rings (SSSR count). The zero-order chi connectivity index (χ0) is 11.4. The summed E-state index contributed by atoms with van der Waals surface area (Å²) in [5, 5.41) is 0. The quantitative estimate of drug-likeness (QED) is 0.520. The molecule has 0 aromatic rings. The lowest BCUT2D eigenvalue weighted by Crippen LogP contribution is -2.16. The molecule has 0 aromatic carbocycles. The summed E-state index contributed by atoms with van der Waals surface area (Å²) in [6, 6.07) is 0. The highest BCUT2D eigenvalue weighted by Gasteiger charge is 2.22. The molecule has 0 unspecified atom stereocenters. The Morgan fingerprint density at radius 2 is 2.00 bits per heavy atom. The number of rotatable bonds is 3. The fourth-order valence-corrected chi connectivity index (χ4v) is 1.46. The van der Waals surface area contributed by atoms with Crippen LogP contribution in [0.2, 0.25) is 0 Å². The van der Waals surface area contributed by atoms with Gasteiger partial charge in [0.25, 0.3) is 0 Å². The fourth-order valence-electron chi connectivity index (χ4n) is 1.46. The van der Waals surface area contributed by atoms with Crippen LogP contribution in [0.4, 0.5) is 0 Å². The molecule has 0 spiro atoms.